The normalized spacial score (nSPS) is 10.1. The van der Waals surface area contributed by atoms with Gasteiger partial charge in [-0.1, -0.05) is 5.21 Å². The van der Waals surface area contributed by atoms with Crippen LogP contribution in [-0.2, 0) is 6.54 Å². The number of hydrogen-bond acceptors (Lipinski definition) is 6. The number of nitrogen functional groups attached to an aromatic ring is 1. The largest absolute Gasteiger partial charge is 0.350 e. The van der Waals surface area contributed by atoms with Crippen LogP contribution in [0.1, 0.15) is 10.4 Å². The third kappa shape index (κ3) is 2.80. The summed E-state index contributed by atoms with van der Waals surface area (Å²) in [6, 6.07) is 1.63. The smallest absolute Gasteiger partial charge is 0.255 e. The van der Waals surface area contributed by atoms with Gasteiger partial charge in [-0.05, 0) is 6.07 Å². The van der Waals surface area contributed by atoms with Gasteiger partial charge in [-0.3, -0.25) is 20.3 Å². The molecule has 94 valence electrons. The Balaban J connectivity index is 1.91. The molecule has 0 unspecified atom stereocenters. The monoisotopic (exact) mass is 247 g/mol. The Kier molecular flexibility index (Phi) is 3.82. The number of aromatic nitrogens is 4. The van der Waals surface area contributed by atoms with Gasteiger partial charge in [0, 0.05) is 25.1 Å². The molecular weight excluding hydrogens is 234 g/mol. The van der Waals surface area contributed by atoms with Crippen molar-refractivity contribution in [2.24, 2.45) is 5.84 Å². The highest BCUT2D eigenvalue weighted by Crippen LogP contribution is 2.11. The van der Waals surface area contributed by atoms with E-state index < -0.39 is 0 Å². The molecule has 0 radical (unpaired) electrons. The van der Waals surface area contributed by atoms with Gasteiger partial charge in [0.1, 0.15) is 0 Å². The molecule has 2 aromatic heterocycles. The van der Waals surface area contributed by atoms with E-state index in [1.54, 1.807) is 29.3 Å². The fourth-order valence-corrected chi connectivity index (χ4v) is 1.43. The molecule has 0 aliphatic carbocycles. The van der Waals surface area contributed by atoms with Gasteiger partial charge in [0.25, 0.3) is 5.91 Å². The summed E-state index contributed by atoms with van der Waals surface area (Å²) in [5.41, 5.74) is 3.38. The predicted octanol–water partition coefficient (Wildman–Crippen LogP) is -0.611. The van der Waals surface area contributed by atoms with Crippen molar-refractivity contribution in [1.82, 2.24) is 25.3 Å². The number of hydrogen-bond donors (Lipinski definition) is 3. The van der Waals surface area contributed by atoms with E-state index in [2.05, 4.69) is 26.0 Å². The molecule has 4 N–H and O–H groups in total. The average molecular weight is 247 g/mol. The van der Waals surface area contributed by atoms with E-state index in [1.807, 2.05) is 0 Å². The van der Waals surface area contributed by atoms with Crippen molar-refractivity contribution in [2.45, 2.75) is 6.54 Å². The molecule has 1 amide bonds. The average Bonchev–Trinajstić information content (AvgIpc) is 2.91. The molecule has 0 aliphatic heterocycles. The lowest BCUT2D eigenvalue weighted by atomic mass is 10.2. The molecule has 0 fully saturated rings. The molecule has 0 aromatic carbocycles. The summed E-state index contributed by atoms with van der Waals surface area (Å²) in [6.07, 6.45) is 6.32. The number of nitrogens with one attached hydrogen (secondary N) is 2. The van der Waals surface area contributed by atoms with Crippen LogP contribution in [0.15, 0.2) is 30.9 Å². The fraction of sp³-hybridized carbons (Fsp3) is 0.200. The molecule has 0 spiro atoms. The summed E-state index contributed by atoms with van der Waals surface area (Å²) >= 11 is 0. The van der Waals surface area contributed by atoms with E-state index in [-0.39, 0.29) is 5.91 Å². The minimum absolute atomic E-state index is 0.240. The van der Waals surface area contributed by atoms with Crippen molar-refractivity contribution >= 4 is 11.6 Å². The number of hydrazine groups is 1. The first-order valence-corrected chi connectivity index (χ1v) is 5.34. The molecule has 0 atom stereocenters. The first-order valence-electron chi connectivity index (χ1n) is 5.34. The van der Waals surface area contributed by atoms with Crippen LogP contribution in [0.2, 0.25) is 0 Å². The van der Waals surface area contributed by atoms with Crippen LogP contribution in [-0.4, -0.2) is 32.4 Å². The van der Waals surface area contributed by atoms with Crippen LogP contribution in [0.4, 0.5) is 5.69 Å². The minimum Gasteiger partial charge on any atom is -0.350 e. The standard InChI is InChI=1S/C10H13N7O/c11-15-9-1-2-12-7-8(9)10(18)13-3-5-17-6-4-14-16-17/h1-2,4,6-7H,3,5,11H2,(H,12,15)(H,13,18). The van der Waals surface area contributed by atoms with Crippen molar-refractivity contribution in [3.8, 4) is 0 Å². The molecule has 8 heteroatoms. The van der Waals surface area contributed by atoms with Crippen LogP contribution in [0.5, 0.6) is 0 Å². The molecular formula is C10H13N7O. The third-order valence-electron chi connectivity index (χ3n) is 2.32. The second-order valence-electron chi connectivity index (χ2n) is 3.49. The van der Waals surface area contributed by atoms with Gasteiger partial charge >= 0.3 is 0 Å². The Morgan fingerprint density at radius 1 is 1.44 bits per heavy atom. The van der Waals surface area contributed by atoms with Crippen molar-refractivity contribution < 1.29 is 4.79 Å². The number of pyridine rings is 1. The molecule has 2 heterocycles. The van der Waals surface area contributed by atoms with Crippen LogP contribution in [0, 0.1) is 0 Å². The summed E-state index contributed by atoms with van der Waals surface area (Å²) in [5.74, 6) is 5.07. The van der Waals surface area contributed by atoms with Gasteiger partial charge in [0.05, 0.1) is 24.0 Å². The number of amides is 1. The Hall–Kier alpha value is -2.48. The van der Waals surface area contributed by atoms with Crippen molar-refractivity contribution in [2.75, 3.05) is 12.0 Å². The number of carbonyl (C=O) groups excluding carboxylic acids is 1. The number of anilines is 1. The SMILES string of the molecule is NNc1ccncc1C(=O)NCCn1ccnn1. The maximum absolute atomic E-state index is 11.9. The molecule has 18 heavy (non-hydrogen) atoms. The number of carbonyl (C=O) groups is 1. The summed E-state index contributed by atoms with van der Waals surface area (Å²) < 4.78 is 1.63. The summed E-state index contributed by atoms with van der Waals surface area (Å²) in [7, 11) is 0. The van der Waals surface area contributed by atoms with Crippen molar-refractivity contribution in [3.05, 3.63) is 36.4 Å². The second-order valence-corrected chi connectivity index (χ2v) is 3.49. The van der Waals surface area contributed by atoms with E-state index in [1.165, 1.54) is 6.20 Å². The third-order valence-corrected chi connectivity index (χ3v) is 2.32. The Labute approximate surface area is 103 Å². The summed E-state index contributed by atoms with van der Waals surface area (Å²) in [6.45, 7) is 0.999. The van der Waals surface area contributed by atoms with Gasteiger partial charge < -0.3 is 10.7 Å². The van der Waals surface area contributed by atoms with Crippen LogP contribution < -0.4 is 16.6 Å². The quantitative estimate of drug-likeness (QED) is 0.480. The maximum atomic E-state index is 11.9. The van der Waals surface area contributed by atoms with E-state index in [9.17, 15) is 4.79 Å². The topological polar surface area (TPSA) is 111 Å². The van der Waals surface area contributed by atoms with Gasteiger partial charge in [-0.2, -0.15) is 0 Å². The van der Waals surface area contributed by atoms with E-state index >= 15 is 0 Å². The Morgan fingerprint density at radius 3 is 3.06 bits per heavy atom. The highest BCUT2D eigenvalue weighted by molar-refractivity contribution is 5.99. The van der Waals surface area contributed by atoms with E-state index in [0.29, 0.717) is 24.3 Å². The van der Waals surface area contributed by atoms with Gasteiger partial charge in [0.15, 0.2) is 0 Å². The van der Waals surface area contributed by atoms with Gasteiger partial charge in [-0.15, -0.1) is 5.10 Å². The number of nitrogens with zero attached hydrogens (tertiary/aromatic N) is 4. The first kappa shape index (κ1) is 12.0. The minimum atomic E-state index is -0.240. The van der Waals surface area contributed by atoms with Crippen molar-refractivity contribution in [1.29, 1.82) is 0 Å². The maximum Gasteiger partial charge on any atom is 0.255 e. The predicted molar refractivity (Wildman–Crippen MR) is 64.4 cm³/mol. The van der Waals surface area contributed by atoms with Crippen LogP contribution in [0.3, 0.4) is 0 Å². The summed E-state index contributed by atoms with van der Waals surface area (Å²) in [5, 5.41) is 10.2. The molecule has 8 nitrogen and oxygen atoms in total. The van der Waals surface area contributed by atoms with E-state index in [4.69, 9.17) is 5.84 Å². The Morgan fingerprint density at radius 2 is 2.33 bits per heavy atom. The number of nitrogens with two attached hydrogens (primary N) is 1. The number of rotatable bonds is 5. The second kappa shape index (κ2) is 5.73. The summed E-state index contributed by atoms with van der Waals surface area (Å²) in [4.78, 5) is 15.7. The lowest BCUT2D eigenvalue weighted by molar-refractivity contribution is 0.0952. The zero-order valence-corrected chi connectivity index (χ0v) is 9.58. The molecule has 2 aromatic rings. The fourth-order valence-electron chi connectivity index (χ4n) is 1.43. The van der Waals surface area contributed by atoms with Crippen molar-refractivity contribution in [3.63, 3.8) is 0 Å². The zero-order chi connectivity index (χ0) is 12.8. The van der Waals surface area contributed by atoms with Crippen LogP contribution in [0.25, 0.3) is 0 Å². The highest BCUT2D eigenvalue weighted by atomic mass is 16.1. The van der Waals surface area contributed by atoms with Gasteiger partial charge in [0.2, 0.25) is 0 Å². The van der Waals surface area contributed by atoms with E-state index in [0.717, 1.165) is 0 Å². The van der Waals surface area contributed by atoms with Gasteiger partial charge in [-0.25, -0.2) is 0 Å². The lowest BCUT2D eigenvalue weighted by Crippen LogP contribution is -2.28. The lowest BCUT2D eigenvalue weighted by Gasteiger charge is -2.08. The molecule has 0 aliphatic rings. The zero-order valence-electron chi connectivity index (χ0n) is 9.58. The molecule has 0 bridgehead atoms. The Bertz CT molecular complexity index is 511. The molecule has 0 saturated heterocycles. The van der Waals surface area contributed by atoms with Crippen LogP contribution >= 0.6 is 0 Å². The highest BCUT2D eigenvalue weighted by Gasteiger charge is 2.09. The molecule has 2 rings (SSSR count). The first-order chi connectivity index (χ1) is 8.81. The molecule has 0 saturated carbocycles.